The second-order valence-electron chi connectivity index (χ2n) is 3.82. The molecular weight excluding hydrogens is 330 g/mol. The van der Waals surface area contributed by atoms with Crippen LogP contribution in [0.1, 0.15) is 11.1 Å². The minimum Gasteiger partial charge on any atom is -0.258 e. The summed E-state index contributed by atoms with van der Waals surface area (Å²) < 4.78 is 0.757. The summed E-state index contributed by atoms with van der Waals surface area (Å²) in [5.74, 6) is 0. The van der Waals surface area contributed by atoms with Gasteiger partial charge in [-0.3, -0.25) is 10.1 Å². The Morgan fingerprint density at radius 2 is 1.89 bits per heavy atom. The predicted molar refractivity (Wildman–Crippen MR) is 80.5 cm³/mol. The molecule has 0 saturated carbocycles. The van der Waals surface area contributed by atoms with Crippen LogP contribution in [0.3, 0.4) is 0 Å². The maximum absolute atomic E-state index is 11.2. The highest BCUT2D eigenvalue weighted by molar-refractivity contribution is 9.10. The molecule has 0 aliphatic heterocycles. The molecular formula is C14H9BrClNO2. The van der Waals surface area contributed by atoms with E-state index in [1.165, 1.54) is 6.08 Å². The molecule has 0 spiro atoms. The van der Waals surface area contributed by atoms with E-state index in [9.17, 15) is 10.1 Å². The Morgan fingerprint density at radius 1 is 1.21 bits per heavy atom. The molecule has 19 heavy (non-hydrogen) atoms. The van der Waals surface area contributed by atoms with Gasteiger partial charge in [0.05, 0.1) is 10.5 Å². The van der Waals surface area contributed by atoms with Crippen molar-refractivity contribution in [2.75, 3.05) is 0 Å². The van der Waals surface area contributed by atoms with Gasteiger partial charge >= 0.3 is 0 Å². The van der Waals surface area contributed by atoms with Gasteiger partial charge in [0.15, 0.2) is 0 Å². The quantitative estimate of drug-likeness (QED) is 0.455. The number of nitro groups is 1. The first-order chi connectivity index (χ1) is 9.08. The molecule has 0 fully saturated rings. The summed E-state index contributed by atoms with van der Waals surface area (Å²) in [6, 6.07) is 13.9. The second-order valence-corrected chi connectivity index (χ2v) is 5.11. The largest absolute Gasteiger partial charge is 0.277 e. The van der Waals surface area contributed by atoms with Gasteiger partial charge < -0.3 is 0 Å². The Labute approximate surface area is 123 Å². The molecule has 0 amide bonds. The summed E-state index contributed by atoms with van der Waals surface area (Å²) in [5, 5.41) is 11.7. The van der Waals surface area contributed by atoms with Crippen molar-refractivity contribution in [3.63, 3.8) is 0 Å². The predicted octanol–water partition coefficient (Wildman–Crippen LogP) is 4.88. The number of hydrogen-bond donors (Lipinski definition) is 0. The van der Waals surface area contributed by atoms with E-state index in [1.807, 2.05) is 6.07 Å². The van der Waals surface area contributed by atoms with Gasteiger partial charge in [-0.05, 0) is 35.9 Å². The zero-order chi connectivity index (χ0) is 13.8. The van der Waals surface area contributed by atoms with Gasteiger partial charge in [0.2, 0.25) is 0 Å². The van der Waals surface area contributed by atoms with Gasteiger partial charge in [0.25, 0.3) is 5.70 Å². The van der Waals surface area contributed by atoms with Gasteiger partial charge in [0.1, 0.15) is 0 Å². The number of benzene rings is 2. The van der Waals surface area contributed by atoms with Gasteiger partial charge in [-0.15, -0.1) is 0 Å². The van der Waals surface area contributed by atoms with E-state index < -0.39 is 4.92 Å². The lowest BCUT2D eigenvalue weighted by atomic mass is 10.1. The molecule has 96 valence electrons. The minimum atomic E-state index is -0.400. The number of halogens is 2. The zero-order valence-corrected chi connectivity index (χ0v) is 12.1. The van der Waals surface area contributed by atoms with Crippen molar-refractivity contribution in [3.8, 4) is 0 Å². The van der Waals surface area contributed by atoms with Crippen molar-refractivity contribution in [1.82, 2.24) is 0 Å². The smallest absolute Gasteiger partial charge is 0.258 e. The highest BCUT2D eigenvalue weighted by Crippen LogP contribution is 2.26. The molecule has 2 aromatic rings. The molecule has 3 nitrogen and oxygen atoms in total. The summed E-state index contributed by atoms with van der Waals surface area (Å²) in [4.78, 5) is 10.8. The van der Waals surface area contributed by atoms with E-state index in [-0.39, 0.29) is 5.70 Å². The van der Waals surface area contributed by atoms with Crippen LogP contribution in [0, 0.1) is 10.1 Å². The highest BCUT2D eigenvalue weighted by atomic mass is 79.9. The van der Waals surface area contributed by atoms with Crippen LogP contribution < -0.4 is 0 Å². The van der Waals surface area contributed by atoms with Crippen molar-refractivity contribution < 1.29 is 4.92 Å². The Kier molecular flexibility index (Phi) is 4.35. The molecule has 0 saturated heterocycles. The van der Waals surface area contributed by atoms with Crippen LogP contribution in [-0.2, 0) is 0 Å². The molecule has 0 N–H and O–H groups in total. The third-order valence-electron chi connectivity index (χ3n) is 2.52. The van der Waals surface area contributed by atoms with Crippen molar-refractivity contribution in [1.29, 1.82) is 0 Å². The lowest BCUT2D eigenvalue weighted by Gasteiger charge is -2.02. The molecule has 2 rings (SSSR count). The SMILES string of the molecule is O=[N+]([O-])C(=Cc1cc(Cl)ccc1Br)c1ccccc1. The lowest BCUT2D eigenvalue weighted by molar-refractivity contribution is -0.374. The van der Waals surface area contributed by atoms with E-state index in [2.05, 4.69) is 15.9 Å². The molecule has 0 aliphatic rings. The average molecular weight is 339 g/mol. The second kappa shape index (κ2) is 5.99. The molecule has 5 heteroatoms. The summed E-state index contributed by atoms with van der Waals surface area (Å²) in [6.45, 7) is 0. The highest BCUT2D eigenvalue weighted by Gasteiger charge is 2.14. The van der Waals surface area contributed by atoms with E-state index >= 15 is 0 Å². The van der Waals surface area contributed by atoms with Crippen LogP contribution in [-0.4, -0.2) is 4.92 Å². The number of nitrogens with zero attached hydrogens (tertiary/aromatic N) is 1. The molecule has 0 heterocycles. The third kappa shape index (κ3) is 3.43. The molecule has 0 atom stereocenters. The molecule has 0 aromatic heterocycles. The lowest BCUT2D eigenvalue weighted by Crippen LogP contribution is -1.97. The summed E-state index contributed by atoms with van der Waals surface area (Å²) in [5.41, 5.74) is 1.26. The van der Waals surface area contributed by atoms with Crippen LogP contribution in [0.25, 0.3) is 11.8 Å². The molecule has 0 aliphatic carbocycles. The van der Waals surface area contributed by atoms with Crippen LogP contribution in [0.5, 0.6) is 0 Å². The zero-order valence-electron chi connectivity index (χ0n) is 9.72. The summed E-state index contributed by atoms with van der Waals surface area (Å²) >= 11 is 9.26. The van der Waals surface area contributed by atoms with Crippen LogP contribution in [0.2, 0.25) is 5.02 Å². The first kappa shape index (κ1) is 13.8. The first-order valence-electron chi connectivity index (χ1n) is 5.44. The summed E-state index contributed by atoms with van der Waals surface area (Å²) in [6.07, 6.45) is 1.51. The van der Waals surface area contributed by atoms with Crippen LogP contribution >= 0.6 is 27.5 Å². The maximum Gasteiger partial charge on any atom is 0.277 e. The topological polar surface area (TPSA) is 43.1 Å². The third-order valence-corrected chi connectivity index (χ3v) is 3.47. The van der Waals surface area contributed by atoms with Gasteiger partial charge in [-0.1, -0.05) is 45.7 Å². The average Bonchev–Trinajstić information content (AvgIpc) is 2.40. The Morgan fingerprint density at radius 3 is 2.53 bits per heavy atom. The van der Waals surface area contributed by atoms with Crippen molar-refractivity contribution in [2.24, 2.45) is 0 Å². The normalized spacial score (nSPS) is 11.4. The summed E-state index contributed by atoms with van der Waals surface area (Å²) in [7, 11) is 0. The molecule has 2 aromatic carbocycles. The maximum atomic E-state index is 11.2. The Balaban J connectivity index is 2.54. The van der Waals surface area contributed by atoms with Gasteiger partial charge in [-0.25, -0.2) is 0 Å². The fraction of sp³-hybridized carbons (Fsp3) is 0. The van der Waals surface area contributed by atoms with E-state index in [1.54, 1.807) is 42.5 Å². The van der Waals surface area contributed by atoms with Crippen LogP contribution in [0.15, 0.2) is 53.0 Å². The number of hydrogen-bond acceptors (Lipinski definition) is 2. The Bertz CT molecular complexity index is 641. The molecule has 0 bridgehead atoms. The van der Waals surface area contributed by atoms with Crippen LogP contribution in [0.4, 0.5) is 0 Å². The van der Waals surface area contributed by atoms with Crippen molar-refractivity contribution in [3.05, 3.63) is 79.3 Å². The Hall–Kier alpha value is -1.65. The van der Waals surface area contributed by atoms with Gasteiger partial charge in [0, 0.05) is 15.6 Å². The van der Waals surface area contributed by atoms with Crippen molar-refractivity contribution >= 4 is 39.3 Å². The van der Waals surface area contributed by atoms with Gasteiger partial charge in [-0.2, -0.15) is 0 Å². The standard InChI is InChI=1S/C14H9BrClNO2/c15-13-7-6-12(16)8-11(13)9-14(17(18)19)10-4-2-1-3-5-10/h1-9H. The minimum absolute atomic E-state index is 0.0311. The first-order valence-corrected chi connectivity index (χ1v) is 6.61. The fourth-order valence-corrected chi connectivity index (χ4v) is 2.16. The monoisotopic (exact) mass is 337 g/mol. The van der Waals surface area contributed by atoms with E-state index in [4.69, 9.17) is 11.6 Å². The molecule has 0 radical (unpaired) electrons. The molecule has 0 unspecified atom stereocenters. The van der Waals surface area contributed by atoms with Crippen molar-refractivity contribution in [2.45, 2.75) is 0 Å². The fourth-order valence-electron chi connectivity index (χ4n) is 1.62. The number of rotatable bonds is 3. The van der Waals surface area contributed by atoms with E-state index in [0.29, 0.717) is 16.1 Å². The van der Waals surface area contributed by atoms with E-state index in [0.717, 1.165) is 4.47 Å².